The number of aromatic hydroxyl groups is 1. The first-order chi connectivity index (χ1) is 16.7. The molecule has 6 N–H and O–H groups in total. The first-order valence-electron chi connectivity index (χ1n) is 11.5. The van der Waals surface area contributed by atoms with Gasteiger partial charge in [0.05, 0.1) is 11.6 Å². The summed E-state index contributed by atoms with van der Waals surface area (Å²) in [6, 6.07) is -1.11. The van der Waals surface area contributed by atoms with E-state index in [2.05, 4.69) is 15.9 Å². The number of Topliss-reactive ketones (excluding diaryl/α,β-unsaturated/α-hetero) is 2. The van der Waals surface area contributed by atoms with E-state index in [1.807, 2.05) is 25.9 Å². The van der Waals surface area contributed by atoms with E-state index in [9.17, 15) is 34.8 Å². The summed E-state index contributed by atoms with van der Waals surface area (Å²) in [6.45, 7) is 2.22. The number of ketones is 2. The molecule has 1 aromatic carbocycles. The molecule has 1 amide bonds. The van der Waals surface area contributed by atoms with Gasteiger partial charge in [0.1, 0.15) is 22.8 Å². The Morgan fingerprint density at radius 2 is 1.78 bits per heavy atom. The fourth-order valence-corrected chi connectivity index (χ4v) is 6.63. The number of carbonyl (C=O) groups is 3. The number of nitrogens with zero attached hydrogens (tertiary/aromatic N) is 2. The molecular formula is C25H30BrN3O7. The Morgan fingerprint density at radius 1 is 1.17 bits per heavy atom. The van der Waals surface area contributed by atoms with Gasteiger partial charge in [-0.1, -0.05) is 15.9 Å². The Kier molecular flexibility index (Phi) is 6.35. The highest BCUT2D eigenvalue weighted by Crippen LogP contribution is 2.54. The molecule has 0 saturated heterocycles. The Labute approximate surface area is 216 Å². The van der Waals surface area contributed by atoms with Crippen molar-refractivity contribution in [2.75, 3.05) is 28.2 Å². The number of aliphatic hydroxyl groups excluding tert-OH is 2. The summed E-state index contributed by atoms with van der Waals surface area (Å²) in [7, 11) is 6.80. The minimum Gasteiger partial charge on any atom is -0.508 e. The number of likely N-dealkylation sites (N-methyl/N-ethyl adjacent to an activating group) is 1. The Hall–Kier alpha value is -2.73. The molecule has 1 fully saturated rings. The predicted octanol–water partition coefficient (Wildman–Crippen LogP) is 1.10. The largest absolute Gasteiger partial charge is 0.508 e. The van der Waals surface area contributed by atoms with Crippen molar-refractivity contribution in [1.82, 2.24) is 9.80 Å². The zero-order chi connectivity index (χ0) is 27.0. The second-order valence-corrected chi connectivity index (χ2v) is 11.1. The molecule has 0 aromatic heterocycles. The maximum Gasteiger partial charge on any atom is 0.255 e. The van der Waals surface area contributed by atoms with Crippen LogP contribution in [0.15, 0.2) is 21.4 Å². The number of nitrogens with two attached hydrogens (primary N) is 1. The fourth-order valence-electron chi connectivity index (χ4n) is 6.03. The number of amides is 1. The third-order valence-electron chi connectivity index (χ3n) is 7.66. The average Bonchev–Trinajstić information content (AvgIpc) is 2.76. The van der Waals surface area contributed by atoms with Crippen LogP contribution in [0.5, 0.6) is 5.75 Å². The first-order valence-corrected chi connectivity index (χ1v) is 12.3. The summed E-state index contributed by atoms with van der Waals surface area (Å²) in [5.41, 5.74) is 3.76. The molecule has 194 valence electrons. The van der Waals surface area contributed by atoms with Crippen molar-refractivity contribution < 1.29 is 34.8 Å². The molecule has 36 heavy (non-hydrogen) atoms. The quantitative estimate of drug-likeness (QED) is 0.337. The number of hydrogen-bond donors (Lipinski definition) is 5. The molecule has 0 radical (unpaired) electrons. The highest BCUT2D eigenvalue weighted by Gasteiger charge is 2.64. The molecule has 0 heterocycles. The van der Waals surface area contributed by atoms with Crippen LogP contribution in [0.25, 0.3) is 5.76 Å². The van der Waals surface area contributed by atoms with Gasteiger partial charge in [-0.2, -0.15) is 0 Å². The van der Waals surface area contributed by atoms with Crippen molar-refractivity contribution >= 4 is 39.2 Å². The summed E-state index contributed by atoms with van der Waals surface area (Å²) in [6.07, 6.45) is 0.295. The Bertz CT molecular complexity index is 1280. The van der Waals surface area contributed by atoms with Crippen LogP contribution in [0.2, 0.25) is 0 Å². The van der Waals surface area contributed by atoms with Crippen molar-refractivity contribution in [2.24, 2.45) is 17.6 Å². The number of fused-ring (bicyclic) bond motifs is 3. The molecule has 10 nitrogen and oxygen atoms in total. The van der Waals surface area contributed by atoms with E-state index in [1.54, 1.807) is 14.1 Å². The summed E-state index contributed by atoms with van der Waals surface area (Å²) in [5, 5.41) is 45.1. The molecule has 3 aliphatic carbocycles. The number of rotatable bonds is 4. The molecule has 0 aliphatic heterocycles. The minimum atomic E-state index is -2.64. The van der Waals surface area contributed by atoms with E-state index < -0.39 is 58.0 Å². The van der Waals surface area contributed by atoms with Gasteiger partial charge in [-0.3, -0.25) is 19.3 Å². The van der Waals surface area contributed by atoms with Gasteiger partial charge < -0.3 is 31.1 Å². The van der Waals surface area contributed by atoms with Crippen molar-refractivity contribution in [3.63, 3.8) is 0 Å². The lowest BCUT2D eigenvalue weighted by Crippen LogP contribution is -2.65. The van der Waals surface area contributed by atoms with Crippen LogP contribution < -0.4 is 5.73 Å². The zero-order valence-electron chi connectivity index (χ0n) is 20.7. The van der Waals surface area contributed by atoms with Crippen LogP contribution in [0, 0.1) is 18.8 Å². The number of phenolic OH excluding ortho intramolecular Hbond substituents is 1. The van der Waals surface area contributed by atoms with E-state index in [0.29, 0.717) is 22.1 Å². The SMILES string of the molecule is Cc1c(Br)c2c(c(O)c1CN(C)C)C(O)=C1C(=O)[C@]3(O)C(O)=C(C(N)=O)C(=O)[C@@H](N(C)C)[C@@H]3C[C@@H]1C2. The standard InChI is InChI=1S/C25H30BrN3O7/c1-9-12(8-28(2)3)19(30)15-11(17(9)26)6-10-7-13-18(29(4)5)21(32)16(24(27)35)23(34)25(13,36)22(33)14(10)20(15)31/h10,13,18,30-31,34,36H,6-8H2,1-5H3,(H2,27,35)/t10-,13-,18-,25-/m0/s1. The summed E-state index contributed by atoms with van der Waals surface area (Å²) in [4.78, 5) is 42.4. The number of hydrogen-bond acceptors (Lipinski definition) is 9. The third-order valence-corrected chi connectivity index (χ3v) is 8.73. The van der Waals surface area contributed by atoms with Crippen molar-refractivity contribution in [1.29, 1.82) is 0 Å². The van der Waals surface area contributed by atoms with Crippen LogP contribution in [-0.4, -0.2) is 87.5 Å². The molecule has 0 unspecified atom stereocenters. The van der Waals surface area contributed by atoms with Gasteiger partial charge in [-0.05, 0) is 65.0 Å². The van der Waals surface area contributed by atoms with Crippen LogP contribution in [0.4, 0.5) is 0 Å². The van der Waals surface area contributed by atoms with E-state index >= 15 is 0 Å². The van der Waals surface area contributed by atoms with Crippen molar-refractivity contribution in [3.05, 3.63) is 43.6 Å². The predicted molar refractivity (Wildman–Crippen MR) is 134 cm³/mol. The van der Waals surface area contributed by atoms with Crippen LogP contribution in [0.1, 0.15) is 28.7 Å². The lowest BCUT2D eigenvalue weighted by Gasteiger charge is -2.50. The van der Waals surface area contributed by atoms with Gasteiger partial charge in [-0.25, -0.2) is 0 Å². The Morgan fingerprint density at radius 3 is 2.31 bits per heavy atom. The second kappa shape index (κ2) is 8.69. The Balaban J connectivity index is 1.99. The van der Waals surface area contributed by atoms with Gasteiger partial charge in [0, 0.05) is 28.1 Å². The monoisotopic (exact) mass is 563 g/mol. The van der Waals surface area contributed by atoms with Gasteiger partial charge in [0.15, 0.2) is 11.4 Å². The smallest absolute Gasteiger partial charge is 0.255 e. The number of benzene rings is 1. The maximum absolute atomic E-state index is 13.9. The molecule has 0 spiro atoms. The molecular weight excluding hydrogens is 534 g/mol. The van der Waals surface area contributed by atoms with E-state index in [4.69, 9.17) is 5.73 Å². The van der Waals surface area contributed by atoms with E-state index in [1.165, 1.54) is 4.90 Å². The van der Waals surface area contributed by atoms with E-state index in [0.717, 1.165) is 5.56 Å². The molecule has 0 bridgehead atoms. The molecule has 4 rings (SSSR count). The summed E-state index contributed by atoms with van der Waals surface area (Å²) in [5.74, 6) is -6.53. The lowest BCUT2D eigenvalue weighted by atomic mass is 9.57. The molecule has 4 atom stereocenters. The fraction of sp³-hybridized carbons (Fsp3) is 0.480. The topological polar surface area (TPSA) is 165 Å². The highest BCUT2D eigenvalue weighted by molar-refractivity contribution is 9.10. The molecule has 1 saturated carbocycles. The third kappa shape index (κ3) is 3.44. The number of primary amides is 1. The lowest BCUT2D eigenvalue weighted by molar-refractivity contribution is -0.153. The van der Waals surface area contributed by atoms with Crippen LogP contribution in [0.3, 0.4) is 0 Å². The van der Waals surface area contributed by atoms with Gasteiger partial charge in [-0.15, -0.1) is 0 Å². The van der Waals surface area contributed by atoms with Gasteiger partial charge in [0.25, 0.3) is 5.91 Å². The van der Waals surface area contributed by atoms with Crippen molar-refractivity contribution in [2.45, 2.75) is 38.0 Å². The average molecular weight is 564 g/mol. The van der Waals surface area contributed by atoms with Crippen LogP contribution >= 0.6 is 15.9 Å². The van der Waals surface area contributed by atoms with Crippen molar-refractivity contribution in [3.8, 4) is 5.75 Å². The molecule has 3 aliphatic rings. The maximum atomic E-state index is 13.9. The number of phenols is 1. The van der Waals surface area contributed by atoms with Gasteiger partial charge in [0.2, 0.25) is 5.78 Å². The van der Waals surface area contributed by atoms with E-state index in [-0.39, 0.29) is 29.7 Å². The van der Waals surface area contributed by atoms with Crippen LogP contribution in [-0.2, 0) is 27.3 Å². The first kappa shape index (κ1) is 26.3. The normalized spacial score (nSPS) is 28.0. The zero-order valence-corrected chi connectivity index (χ0v) is 22.3. The highest BCUT2D eigenvalue weighted by atomic mass is 79.9. The number of aliphatic hydroxyl groups is 3. The summed E-state index contributed by atoms with van der Waals surface area (Å²) < 4.78 is 0.689. The summed E-state index contributed by atoms with van der Waals surface area (Å²) >= 11 is 3.60. The minimum absolute atomic E-state index is 0.0530. The number of carbonyl (C=O) groups excluding carboxylic acids is 3. The number of halogens is 1. The molecule has 11 heteroatoms. The molecule has 1 aromatic rings. The second-order valence-electron chi connectivity index (χ2n) is 10.3. The van der Waals surface area contributed by atoms with Gasteiger partial charge >= 0.3 is 0 Å².